The zero-order valence-electron chi connectivity index (χ0n) is 20.9. The smallest absolute Gasteiger partial charge is 0.315 e. The number of nitriles is 1. The lowest BCUT2D eigenvalue weighted by atomic mass is 9.63. The van der Waals surface area contributed by atoms with E-state index in [-0.39, 0.29) is 38.3 Å². The van der Waals surface area contributed by atoms with Gasteiger partial charge in [-0.3, -0.25) is 0 Å². The summed E-state index contributed by atoms with van der Waals surface area (Å²) in [5.41, 5.74) is -1.58. The van der Waals surface area contributed by atoms with Gasteiger partial charge in [0.2, 0.25) is 0 Å². The van der Waals surface area contributed by atoms with Gasteiger partial charge in [0.05, 0.1) is 29.0 Å². The van der Waals surface area contributed by atoms with Gasteiger partial charge in [-0.15, -0.1) is 0 Å². The number of hydrogen-bond donors (Lipinski definition) is 1. The summed E-state index contributed by atoms with van der Waals surface area (Å²) in [6, 6.07) is 12.0. The van der Waals surface area contributed by atoms with E-state index >= 15 is 8.78 Å². The molecule has 1 saturated heterocycles. The Bertz CT molecular complexity index is 1400. The molecule has 1 aliphatic heterocycles. The van der Waals surface area contributed by atoms with Crippen molar-refractivity contribution in [2.75, 3.05) is 11.9 Å². The summed E-state index contributed by atoms with van der Waals surface area (Å²) >= 11 is 18.1. The first-order valence-corrected chi connectivity index (χ1v) is 13.0. The van der Waals surface area contributed by atoms with Gasteiger partial charge in [-0.2, -0.15) is 5.26 Å². The molecule has 1 aromatic heterocycles. The fourth-order valence-corrected chi connectivity index (χ4v) is 5.77. The van der Waals surface area contributed by atoms with Crippen LogP contribution in [-0.2, 0) is 5.41 Å². The second-order valence-corrected chi connectivity index (χ2v) is 11.8. The van der Waals surface area contributed by atoms with Crippen LogP contribution < -0.4 is 5.32 Å². The van der Waals surface area contributed by atoms with Gasteiger partial charge in [0.15, 0.2) is 0 Å². The van der Waals surface area contributed by atoms with Gasteiger partial charge in [-0.05, 0) is 42.2 Å². The van der Waals surface area contributed by atoms with Crippen LogP contribution in [0.2, 0.25) is 15.2 Å². The van der Waals surface area contributed by atoms with Crippen LogP contribution in [0.3, 0.4) is 0 Å². The van der Waals surface area contributed by atoms with E-state index in [2.05, 4.69) is 16.4 Å². The third-order valence-corrected chi connectivity index (χ3v) is 7.49. The molecule has 5 nitrogen and oxygen atoms in total. The third-order valence-electron chi connectivity index (χ3n) is 6.74. The standard InChI is InChI=1S/C28H25Cl3F2N4O/c1-27(2,3)12-16-14-37(26(38)36-18-8-10-23(31)35-13-18)25(19-5-4-6-21(30)24(19)33)28(16,15-34)20-9-7-17(29)11-22(20)32/h4-11,13,16,25H,12,14H2,1-3H3,(H,36,38)/t16-,25-,28-/m1/s1. The lowest BCUT2D eigenvalue weighted by molar-refractivity contribution is 0.198. The Balaban J connectivity index is 1.96. The molecule has 0 spiro atoms. The van der Waals surface area contributed by atoms with Crippen LogP contribution in [0.15, 0.2) is 54.7 Å². The minimum absolute atomic E-state index is 0.00851. The number of nitrogens with one attached hydrogen (secondary N) is 1. The van der Waals surface area contributed by atoms with Gasteiger partial charge in [0.25, 0.3) is 0 Å². The summed E-state index contributed by atoms with van der Waals surface area (Å²) in [7, 11) is 0. The van der Waals surface area contributed by atoms with Crippen LogP contribution in [0, 0.1) is 34.3 Å². The number of rotatable bonds is 4. The number of hydrogen-bond acceptors (Lipinski definition) is 3. The molecule has 2 aromatic carbocycles. The first-order valence-electron chi connectivity index (χ1n) is 11.9. The van der Waals surface area contributed by atoms with E-state index in [9.17, 15) is 10.1 Å². The highest BCUT2D eigenvalue weighted by atomic mass is 35.5. The van der Waals surface area contributed by atoms with Gasteiger partial charge in [0, 0.05) is 28.6 Å². The van der Waals surface area contributed by atoms with Gasteiger partial charge >= 0.3 is 6.03 Å². The molecule has 198 valence electrons. The lowest BCUT2D eigenvalue weighted by Crippen LogP contribution is -2.42. The number of nitrogens with zero attached hydrogens (tertiary/aromatic N) is 3. The number of likely N-dealkylation sites (tertiary alicyclic amines) is 1. The van der Waals surface area contributed by atoms with Crippen molar-refractivity contribution in [1.29, 1.82) is 5.26 Å². The molecule has 3 aromatic rings. The highest BCUT2D eigenvalue weighted by molar-refractivity contribution is 6.31. The Morgan fingerprint density at radius 2 is 1.92 bits per heavy atom. The summed E-state index contributed by atoms with van der Waals surface area (Å²) in [5.74, 6) is -2.06. The summed E-state index contributed by atoms with van der Waals surface area (Å²) < 4.78 is 31.3. The summed E-state index contributed by atoms with van der Waals surface area (Å²) in [6.45, 7) is 6.02. The summed E-state index contributed by atoms with van der Waals surface area (Å²) in [4.78, 5) is 19.1. The minimum Gasteiger partial charge on any atom is -0.315 e. The number of carbonyl (C=O) groups is 1. The first-order chi connectivity index (χ1) is 17.9. The second-order valence-electron chi connectivity index (χ2n) is 10.6. The van der Waals surface area contributed by atoms with E-state index in [0.29, 0.717) is 12.1 Å². The normalized spacial score (nSPS) is 21.3. The van der Waals surface area contributed by atoms with Gasteiger partial charge < -0.3 is 10.2 Å². The lowest BCUT2D eigenvalue weighted by Gasteiger charge is -2.38. The van der Waals surface area contributed by atoms with Crippen molar-refractivity contribution in [3.8, 4) is 6.07 Å². The molecule has 10 heteroatoms. The highest BCUT2D eigenvalue weighted by Crippen LogP contribution is 2.56. The van der Waals surface area contributed by atoms with E-state index in [1.54, 1.807) is 6.07 Å². The number of pyridine rings is 1. The molecule has 4 rings (SSSR count). The molecule has 0 saturated carbocycles. The van der Waals surface area contributed by atoms with Gasteiger partial charge in [-0.25, -0.2) is 18.6 Å². The van der Waals surface area contributed by atoms with Crippen LogP contribution in [-0.4, -0.2) is 22.5 Å². The average molecular weight is 578 g/mol. The molecular weight excluding hydrogens is 553 g/mol. The zero-order valence-corrected chi connectivity index (χ0v) is 23.2. The van der Waals surface area contributed by atoms with Crippen molar-refractivity contribution in [3.05, 3.63) is 92.7 Å². The van der Waals surface area contributed by atoms with Crippen molar-refractivity contribution in [2.24, 2.45) is 11.3 Å². The van der Waals surface area contributed by atoms with Crippen LogP contribution in [0.1, 0.15) is 44.4 Å². The van der Waals surface area contributed by atoms with Crippen molar-refractivity contribution in [2.45, 2.75) is 38.6 Å². The van der Waals surface area contributed by atoms with Crippen molar-refractivity contribution < 1.29 is 13.6 Å². The SMILES string of the molecule is CC(C)(C)C[C@@H]1CN(C(=O)Nc2ccc(Cl)nc2)[C@H](c2cccc(Cl)c2F)[C@@]1(C#N)c1ccc(Cl)cc1F. The number of urea groups is 1. The van der Waals surface area contributed by atoms with Crippen LogP contribution in [0.4, 0.5) is 19.3 Å². The Labute approximate surface area is 235 Å². The largest absolute Gasteiger partial charge is 0.322 e. The molecular formula is C28H25Cl3F2N4O. The molecule has 0 unspecified atom stereocenters. The maximum atomic E-state index is 15.6. The molecule has 0 bridgehead atoms. The number of anilines is 1. The van der Waals surface area contributed by atoms with Crippen LogP contribution in [0.25, 0.3) is 0 Å². The van der Waals surface area contributed by atoms with Crippen LogP contribution in [0.5, 0.6) is 0 Å². The molecule has 2 heterocycles. The van der Waals surface area contributed by atoms with E-state index in [1.165, 1.54) is 47.5 Å². The number of halogens is 5. The topological polar surface area (TPSA) is 69.0 Å². The fraction of sp³-hybridized carbons (Fsp3) is 0.321. The molecule has 38 heavy (non-hydrogen) atoms. The maximum absolute atomic E-state index is 15.6. The predicted octanol–water partition coefficient (Wildman–Crippen LogP) is 8.42. The molecule has 1 aliphatic rings. The third kappa shape index (κ3) is 5.31. The Kier molecular flexibility index (Phi) is 7.90. The Hall–Kier alpha value is -2.92. The second kappa shape index (κ2) is 10.7. The Morgan fingerprint density at radius 1 is 1.18 bits per heavy atom. The predicted molar refractivity (Wildman–Crippen MR) is 145 cm³/mol. The van der Waals surface area contributed by atoms with E-state index in [0.717, 1.165) is 6.07 Å². The van der Waals surface area contributed by atoms with Gasteiger partial charge in [0.1, 0.15) is 22.2 Å². The maximum Gasteiger partial charge on any atom is 0.322 e. The van der Waals surface area contributed by atoms with Crippen molar-refractivity contribution >= 4 is 46.5 Å². The first kappa shape index (κ1) is 28.1. The fourth-order valence-electron chi connectivity index (χ4n) is 5.32. The van der Waals surface area contributed by atoms with Crippen LogP contribution >= 0.6 is 34.8 Å². The molecule has 2 amide bonds. The van der Waals surface area contributed by atoms with Gasteiger partial charge in [-0.1, -0.05) is 73.8 Å². The average Bonchev–Trinajstić information content (AvgIpc) is 3.15. The van der Waals surface area contributed by atoms with E-state index in [1.807, 2.05) is 20.8 Å². The molecule has 3 atom stereocenters. The highest BCUT2D eigenvalue weighted by Gasteiger charge is 2.60. The number of benzene rings is 2. The van der Waals surface area contributed by atoms with Crippen molar-refractivity contribution in [3.63, 3.8) is 0 Å². The van der Waals surface area contributed by atoms with E-state index < -0.39 is 35.0 Å². The Morgan fingerprint density at radius 3 is 2.53 bits per heavy atom. The number of amides is 2. The minimum atomic E-state index is -1.66. The zero-order chi connectivity index (χ0) is 27.8. The van der Waals surface area contributed by atoms with E-state index in [4.69, 9.17) is 34.8 Å². The summed E-state index contributed by atoms with van der Waals surface area (Å²) in [6.07, 6.45) is 1.82. The number of aromatic nitrogens is 1. The van der Waals surface area contributed by atoms with Crippen molar-refractivity contribution in [1.82, 2.24) is 9.88 Å². The molecule has 0 radical (unpaired) electrons. The number of carbonyl (C=O) groups excluding carboxylic acids is 1. The quantitative estimate of drug-likeness (QED) is 0.316. The molecule has 1 N–H and O–H groups in total. The summed E-state index contributed by atoms with van der Waals surface area (Å²) in [5, 5.41) is 13.8. The molecule has 0 aliphatic carbocycles. The monoisotopic (exact) mass is 576 g/mol. The molecule has 1 fully saturated rings.